The topological polar surface area (TPSA) is 93.5 Å². The molecular weight excluding hydrogens is 236 g/mol. The Kier molecular flexibility index (Phi) is 3.38. The van der Waals surface area contributed by atoms with Gasteiger partial charge >= 0.3 is 0 Å². The predicted molar refractivity (Wildman–Crippen MR) is 65.8 cm³/mol. The lowest BCUT2D eigenvalue weighted by atomic mass is 10.2. The van der Waals surface area contributed by atoms with Crippen LogP contribution in [-0.2, 0) is 12.8 Å². The van der Waals surface area contributed by atoms with Gasteiger partial charge in [0, 0.05) is 19.0 Å². The summed E-state index contributed by atoms with van der Waals surface area (Å²) in [5.41, 5.74) is 6.94. The molecular formula is C10H12N6S. The molecule has 6 nitrogen and oxygen atoms in total. The summed E-state index contributed by atoms with van der Waals surface area (Å²) in [6.07, 6.45) is 3.18. The summed E-state index contributed by atoms with van der Waals surface area (Å²) in [7, 11) is 1.85. The number of amidine groups is 1. The number of aryl methyl sites for hydroxylation is 1. The summed E-state index contributed by atoms with van der Waals surface area (Å²) in [5, 5.41) is 12.2. The number of hydrogen-bond acceptors (Lipinski definition) is 5. The smallest absolute Gasteiger partial charge is 0.186 e. The highest BCUT2D eigenvalue weighted by Gasteiger charge is 2.04. The Morgan fingerprint density at radius 2 is 2.35 bits per heavy atom. The van der Waals surface area contributed by atoms with Gasteiger partial charge in [-0.15, -0.1) is 0 Å². The monoisotopic (exact) mass is 248 g/mol. The molecule has 0 aromatic carbocycles. The van der Waals surface area contributed by atoms with Crippen molar-refractivity contribution in [2.45, 2.75) is 10.9 Å². The normalized spacial score (nSPS) is 10.4. The first kappa shape index (κ1) is 11.6. The van der Waals surface area contributed by atoms with E-state index in [0.29, 0.717) is 5.69 Å². The van der Waals surface area contributed by atoms with E-state index in [9.17, 15) is 0 Å². The van der Waals surface area contributed by atoms with Gasteiger partial charge in [0.2, 0.25) is 0 Å². The molecule has 0 aliphatic carbocycles. The minimum absolute atomic E-state index is 0.0180. The van der Waals surface area contributed by atoms with Gasteiger partial charge in [-0.25, -0.2) is 9.67 Å². The quantitative estimate of drug-likeness (QED) is 0.474. The maximum Gasteiger partial charge on any atom is 0.186 e. The number of nitrogens with two attached hydrogens (primary N) is 1. The number of pyridine rings is 1. The van der Waals surface area contributed by atoms with Crippen LogP contribution in [0.15, 0.2) is 29.8 Å². The van der Waals surface area contributed by atoms with E-state index in [1.54, 1.807) is 22.6 Å². The summed E-state index contributed by atoms with van der Waals surface area (Å²) < 4.78 is 1.72. The summed E-state index contributed by atoms with van der Waals surface area (Å²) in [4.78, 5) is 8.13. The Morgan fingerprint density at radius 1 is 1.53 bits per heavy atom. The Hall–Kier alpha value is -1.89. The van der Waals surface area contributed by atoms with Crippen LogP contribution in [0, 0.1) is 5.41 Å². The number of aromatic nitrogens is 4. The van der Waals surface area contributed by atoms with Crippen molar-refractivity contribution in [3.05, 3.63) is 35.9 Å². The van der Waals surface area contributed by atoms with Crippen molar-refractivity contribution >= 4 is 17.6 Å². The molecule has 2 rings (SSSR count). The van der Waals surface area contributed by atoms with Crippen LogP contribution in [0.25, 0.3) is 0 Å². The highest BCUT2D eigenvalue weighted by Crippen LogP contribution is 2.19. The lowest BCUT2D eigenvalue weighted by Gasteiger charge is -2.03. The first-order chi connectivity index (χ1) is 8.16. The van der Waals surface area contributed by atoms with Crippen LogP contribution >= 0.6 is 11.8 Å². The molecule has 0 amide bonds. The van der Waals surface area contributed by atoms with Gasteiger partial charge in [0.05, 0.1) is 0 Å². The van der Waals surface area contributed by atoms with E-state index < -0.39 is 0 Å². The van der Waals surface area contributed by atoms with Gasteiger partial charge in [-0.1, -0.05) is 11.8 Å². The SMILES string of the molecule is Cn1ncnc1SCc1ccnc(C(=N)N)c1. The van der Waals surface area contributed by atoms with Gasteiger partial charge < -0.3 is 5.73 Å². The van der Waals surface area contributed by atoms with Gasteiger partial charge in [-0.05, 0) is 17.7 Å². The lowest BCUT2D eigenvalue weighted by molar-refractivity contribution is 0.685. The van der Waals surface area contributed by atoms with Crippen LogP contribution in [0.2, 0.25) is 0 Å². The molecule has 3 N–H and O–H groups in total. The molecule has 2 aromatic heterocycles. The van der Waals surface area contributed by atoms with Crippen molar-refractivity contribution in [3.63, 3.8) is 0 Å². The van der Waals surface area contributed by atoms with Gasteiger partial charge in [0.15, 0.2) is 5.16 Å². The van der Waals surface area contributed by atoms with Gasteiger partial charge in [0.25, 0.3) is 0 Å². The number of thioether (sulfide) groups is 1. The van der Waals surface area contributed by atoms with Crippen LogP contribution in [0.1, 0.15) is 11.3 Å². The zero-order valence-corrected chi connectivity index (χ0v) is 10.1. The minimum Gasteiger partial charge on any atom is -0.382 e. The first-order valence-corrected chi connectivity index (χ1v) is 5.91. The zero-order valence-electron chi connectivity index (χ0n) is 9.29. The highest BCUT2D eigenvalue weighted by atomic mass is 32.2. The van der Waals surface area contributed by atoms with Crippen molar-refractivity contribution in [1.82, 2.24) is 19.7 Å². The maximum atomic E-state index is 7.32. The average Bonchev–Trinajstić information content (AvgIpc) is 2.72. The fourth-order valence-electron chi connectivity index (χ4n) is 1.28. The summed E-state index contributed by atoms with van der Waals surface area (Å²) in [6.45, 7) is 0. The fourth-order valence-corrected chi connectivity index (χ4v) is 2.11. The molecule has 0 unspecified atom stereocenters. The summed E-state index contributed by atoms with van der Waals surface area (Å²) in [5.74, 6) is 0.727. The van der Waals surface area contributed by atoms with E-state index >= 15 is 0 Å². The maximum absolute atomic E-state index is 7.32. The standard InChI is InChI=1S/C10H12N6S/c1-16-10(14-6-15-16)17-5-7-2-3-13-8(4-7)9(11)12/h2-4,6H,5H2,1H3,(H3,11,12). The lowest BCUT2D eigenvalue weighted by Crippen LogP contribution is -2.13. The summed E-state index contributed by atoms with van der Waals surface area (Å²) in [6, 6.07) is 3.71. The molecule has 0 saturated heterocycles. The molecule has 0 fully saturated rings. The number of nitrogen functional groups attached to an aromatic ring is 1. The second-order valence-electron chi connectivity index (χ2n) is 3.42. The molecule has 0 atom stereocenters. The minimum atomic E-state index is -0.0180. The van der Waals surface area contributed by atoms with Crippen molar-refractivity contribution < 1.29 is 0 Å². The van der Waals surface area contributed by atoms with Gasteiger partial charge in [0.1, 0.15) is 17.9 Å². The van der Waals surface area contributed by atoms with E-state index in [0.717, 1.165) is 16.5 Å². The third-order valence-electron chi connectivity index (χ3n) is 2.14. The Bertz CT molecular complexity index is 535. The zero-order chi connectivity index (χ0) is 12.3. The Labute approximate surface area is 103 Å². The first-order valence-electron chi connectivity index (χ1n) is 4.93. The number of nitrogens with one attached hydrogen (secondary N) is 1. The third-order valence-corrected chi connectivity index (χ3v) is 3.24. The Balaban J connectivity index is 2.07. The molecule has 0 bridgehead atoms. The number of nitrogens with zero attached hydrogens (tertiary/aromatic N) is 4. The molecule has 2 heterocycles. The molecule has 7 heteroatoms. The van der Waals surface area contributed by atoms with E-state index in [4.69, 9.17) is 11.1 Å². The van der Waals surface area contributed by atoms with Crippen LogP contribution in [0.3, 0.4) is 0 Å². The van der Waals surface area contributed by atoms with Crippen LogP contribution in [0.5, 0.6) is 0 Å². The van der Waals surface area contributed by atoms with Crippen LogP contribution in [0.4, 0.5) is 0 Å². The van der Waals surface area contributed by atoms with Crippen molar-refractivity contribution in [1.29, 1.82) is 5.41 Å². The molecule has 0 radical (unpaired) electrons. The second-order valence-corrected chi connectivity index (χ2v) is 4.36. The van der Waals surface area contributed by atoms with Crippen molar-refractivity contribution in [2.24, 2.45) is 12.8 Å². The van der Waals surface area contributed by atoms with E-state index in [2.05, 4.69) is 15.1 Å². The average molecular weight is 248 g/mol. The van der Waals surface area contributed by atoms with Crippen molar-refractivity contribution in [2.75, 3.05) is 0 Å². The molecule has 17 heavy (non-hydrogen) atoms. The third kappa shape index (κ3) is 2.82. The Morgan fingerprint density at radius 3 is 3.00 bits per heavy atom. The molecule has 0 spiro atoms. The van der Waals surface area contributed by atoms with E-state index in [1.165, 1.54) is 6.33 Å². The van der Waals surface area contributed by atoms with Gasteiger partial charge in [-0.3, -0.25) is 10.4 Å². The molecule has 0 aliphatic rings. The van der Waals surface area contributed by atoms with Crippen LogP contribution < -0.4 is 5.73 Å². The largest absolute Gasteiger partial charge is 0.382 e. The van der Waals surface area contributed by atoms with Crippen molar-refractivity contribution in [3.8, 4) is 0 Å². The van der Waals surface area contributed by atoms with E-state index in [-0.39, 0.29) is 5.84 Å². The predicted octanol–water partition coefficient (Wildman–Crippen LogP) is 0.786. The van der Waals surface area contributed by atoms with Crippen LogP contribution in [-0.4, -0.2) is 25.6 Å². The number of hydrogen-bond donors (Lipinski definition) is 2. The fraction of sp³-hybridized carbons (Fsp3) is 0.200. The van der Waals surface area contributed by atoms with E-state index in [1.807, 2.05) is 19.2 Å². The number of rotatable bonds is 4. The highest BCUT2D eigenvalue weighted by molar-refractivity contribution is 7.98. The summed E-state index contributed by atoms with van der Waals surface area (Å²) >= 11 is 1.58. The van der Waals surface area contributed by atoms with Gasteiger partial charge in [-0.2, -0.15) is 5.10 Å². The molecule has 2 aromatic rings. The molecule has 0 saturated carbocycles. The molecule has 0 aliphatic heterocycles. The molecule has 88 valence electrons. The second kappa shape index (κ2) is 4.96.